The molecule has 0 spiro atoms. The molecular weight excluding hydrogens is 198 g/mol. The van der Waals surface area contributed by atoms with Crippen LogP contribution in [-0.4, -0.2) is 25.3 Å². The summed E-state index contributed by atoms with van der Waals surface area (Å²) in [6.45, 7) is 11.3. The number of nitrogens with one attached hydrogen (secondary N) is 1. The van der Waals surface area contributed by atoms with E-state index < -0.39 is 0 Å². The molecule has 1 rings (SSSR count). The van der Waals surface area contributed by atoms with Crippen molar-refractivity contribution in [3.05, 3.63) is 0 Å². The van der Waals surface area contributed by atoms with Gasteiger partial charge in [0.05, 0.1) is 6.10 Å². The van der Waals surface area contributed by atoms with Crippen molar-refractivity contribution >= 4 is 0 Å². The summed E-state index contributed by atoms with van der Waals surface area (Å²) in [5, 5.41) is 3.68. The zero-order valence-corrected chi connectivity index (χ0v) is 11.5. The summed E-state index contributed by atoms with van der Waals surface area (Å²) in [5.41, 5.74) is 0. The highest BCUT2D eigenvalue weighted by Crippen LogP contribution is 2.26. The summed E-state index contributed by atoms with van der Waals surface area (Å²) in [4.78, 5) is 0. The van der Waals surface area contributed by atoms with Crippen LogP contribution in [0.3, 0.4) is 0 Å². The van der Waals surface area contributed by atoms with Gasteiger partial charge in [0.1, 0.15) is 0 Å². The van der Waals surface area contributed by atoms with Crippen molar-refractivity contribution in [1.82, 2.24) is 5.32 Å². The summed E-state index contributed by atoms with van der Waals surface area (Å²) in [5.74, 6) is 1.52. The molecule has 16 heavy (non-hydrogen) atoms. The number of ether oxygens (including phenoxy) is 1. The maximum atomic E-state index is 5.91. The molecule has 0 radical (unpaired) electrons. The molecule has 1 fully saturated rings. The number of rotatable bonds is 7. The van der Waals surface area contributed by atoms with Crippen molar-refractivity contribution in [1.29, 1.82) is 0 Å². The largest absolute Gasteiger partial charge is 0.376 e. The monoisotopic (exact) mass is 227 g/mol. The second-order valence-corrected chi connectivity index (χ2v) is 5.41. The molecule has 4 atom stereocenters. The number of hydrogen-bond acceptors (Lipinski definition) is 2. The molecule has 4 unspecified atom stereocenters. The van der Waals surface area contributed by atoms with E-state index >= 15 is 0 Å². The van der Waals surface area contributed by atoms with E-state index in [0.29, 0.717) is 12.1 Å². The lowest BCUT2D eigenvalue weighted by Gasteiger charge is -2.29. The van der Waals surface area contributed by atoms with Crippen molar-refractivity contribution in [3.8, 4) is 0 Å². The minimum absolute atomic E-state index is 0.445. The fraction of sp³-hybridized carbons (Fsp3) is 1.00. The molecule has 0 saturated carbocycles. The molecule has 1 N–H and O–H groups in total. The van der Waals surface area contributed by atoms with E-state index in [2.05, 4.69) is 33.0 Å². The Morgan fingerprint density at radius 3 is 2.62 bits per heavy atom. The normalized spacial score (nSPS) is 29.2. The van der Waals surface area contributed by atoms with Gasteiger partial charge < -0.3 is 10.1 Å². The van der Waals surface area contributed by atoms with Crippen molar-refractivity contribution in [3.63, 3.8) is 0 Å². The lowest BCUT2D eigenvalue weighted by atomic mass is 9.90. The van der Waals surface area contributed by atoms with Gasteiger partial charge in [-0.25, -0.2) is 0 Å². The van der Waals surface area contributed by atoms with Gasteiger partial charge in [0.2, 0.25) is 0 Å². The first kappa shape index (κ1) is 14.0. The molecule has 1 heterocycles. The van der Waals surface area contributed by atoms with Gasteiger partial charge >= 0.3 is 0 Å². The topological polar surface area (TPSA) is 21.3 Å². The molecule has 0 bridgehead atoms. The van der Waals surface area contributed by atoms with Crippen LogP contribution in [0.1, 0.15) is 53.4 Å². The van der Waals surface area contributed by atoms with Gasteiger partial charge in [0.25, 0.3) is 0 Å². The van der Waals surface area contributed by atoms with Crippen LogP contribution in [-0.2, 0) is 4.74 Å². The van der Waals surface area contributed by atoms with Gasteiger partial charge in [-0.15, -0.1) is 0 Å². The average Bonchev–Trinajstić information content (AvgIpc) is 2.70. The molecule has 1 saturated heterocycles. The fourth-order valence-corrected chi connectivity index (χ4v) is 2.49. The first-order chi connectivity index (χ1) is 7.69. The standard InChI is InChI=1S/C14H29NO/c1-5-8-15-13(10-11(3)6-2)14-12(4)7-9-16-14/h11-15H,5-10H2,1-4H3. The van der Waals surface area contributed by atoms with Crippen molar-refractivity contribution in [2.24, 2.45) is 11.8 Å². The molecule has 2 nitrogen and oxygen atoms in total. The summed E-state index contributed by atoms with van der Waals surface area (Å²) in [7, 11) is 0. The Hall–Kier alpha value is -0.0800. The molecular formula is C14H29NO. The van der Waals surface area contributed by atoms with Gasteiger partial charge in [-0.1, -0.05) is 34.1 Å². The van der Waals surface area contributed by atoms with E-state index in [1.807, 2.05) is 0 Å². The predicted molar refractivity (Wildman–Crippen MR) is 69.7 cm³/mol. The second kappa shape index (κ2) is 7.29. The Bertz CT molecular complexity index is 184. The van der Waals surface area contributed by atoms with Crippen LogP contribution in [0, 0.1) is 11.8 Å². The maximum Gasteiger partial charge on any atom is 0.0754 e. The molecule has 2 heteroatoms. The Morgan fingerprint density at radius 1 is 1.38 bits per heavy atom. The van der Waals surface area contributed by atoms with E-state index in [0.717, 1.165) is 25.0 Å². The average molecular weight is 227 g/mol. The molecule has 0 amide bonds. The van der Waals surface area contributed by atoms with E-state index in [9.17, 15) is 0 Å². The molecule has 0 aliphatic carbocycles. The third-order valence-corrected chi connectivity index (χ3v) is 3.85. The minimum atomic E-state index is 0.445. The first-order valence-electron chi connectivity index (χ1n) is 7.04. The van der Waals surface area contributed by atoms with Crippen LogP contribution in [0.15, 0.2) is 0 Å². The third kappa shape index (κ3) is 4.06. The van der Waals surface area contributed by atoms with Crippen LogP contribution in [0.4, 0.5) is 0 Å². The van der Waals surface area contributed by atoms with Crippen LogP contribution in [0.2, 0.25) is 0 Å². The lowest BCUT2D eigenvalue weighted by molar-refractivity contribution is 0.0533. The highest BCUT2D eigenvalue weighted by molar-refractivity contribution is 4.85. The molecule has 1 aliphatic heterocycles. The van der Waals surface area contributed by atoms with Crippen LogP contribution < -0.4 is 5.32 Å². The van der Waals surface area contributed by atoms with Crippen LogP contribution >= 0.6 is 0 Å². The summed E-state index contributed by atoms with van der Waals surface area (Å²) >= 11 is 0. The Balaban J connectivity index is 2.48. The molecule has 96 valence electrons. The smallest absolute Gasteiger partial charge is 0.0754 e. The minimum Gasteiger partial charge on any atom is -0.376 e. The Morgan fingerprint density at radius 2 is 2.12 bits per heavy atom. The molecule has 0 aromatic carbocycles. The predicted octanol–water partition coefficient (Wildman–Crippen LogP) is 3.22. The van der Waals surface area contributed by atoms with Gasteiger partial charge in [-0.05, 0) is 37.6 Å². The molecule has 0 aromatic heterocycles. The van der Waals surface area contributed by atoms with Crippen molar-refractivity contribution in [2.75, 3.05) is 13.2 Å². The van der Waals surface area contributed by atoms with Gasteiger partial charge in [-0.3, -0.25) is 0 Å². The quantitative estimate of drug-likeness (QED) is 0.721. The highest BCUT2D eigenvalue weighted by atomic mass is 16.5. The van der Waals surface area contributed by atoms with E-state index in [1.165, 1.54) is 25.7 Å². The first-order valence-corrected chi connectivity index (χ1v) is 7.04. The highest BCUT2D eigenvalue weighted by Gasteiger charge is 2.32. The van der Waals surface area contributed by atoms with E-state index in [4.69, 9.17) is 4.74 Å². The maximum absolute atomic E-state index is 5.91. The van der Waals surface area contributed by atoms with Crippen LogP contribution in [0.25, 0.3) is 0 Å². The number of hydrogen-bond donors (Lipinski definition) is 1. The Labute approximate surface area is 101 Å². The molecule has 1 aliphatic rings. The third-order valence-electron chi connectivity index (χ3n) is 3.85. The second-order valence-electron chi connectivity index (χ2n) is 5.41. The fourth-order valence-electron chi connectivity index (χ4n) is 2.49. The summed E-state index contributed by atoms with van der Waals surface area (Å²) in [6.07, 6.45) is 5.41. The van der Waals surface area contributed by atoms with E-state index in [1.54, 1.807) is 0 Å². The zero-order chi connectivity index (χ0) is 12.0. The van der Waals surface area contributed by atoms with Gasteiger partial charge in [-0.2, -0.15) is 0 Å². The zero-order valence-electron chi connectivity index (χ0n) is 11.5. The van der Waals surface area contributed by atoms with Gasteiger partial charge in [0.15, 0.2) is 0 Å². The molecule has 0 aromatic rings. The van der Waals surface area contributed by atoms with E-state index in [-0.39, 0.29) is 0 Å². The SMILES string of the molecule is CCCNC(CC(C)CC)C1OCCC1C. The lowest BCUT2D eigenvalue weighted by Crippen LogP contribution is -2.43. The van der Waals surface area contributed by atoms with Crippen molar-refractivity contribution < 1.29 is 4.74 Å². The van der Waals surface area contributed by atoms with Gasteiger partial charge in [0, 0.05) is 12.6 Å². The van der Waals surface area contributed by atoms with Crippen LogP contribution in [0.5, 0.6) is 0 Å². The Kier molecular flexibility index (Phi) is 6.37. The summed E-state index contributed by atoms with van der Waals surface area (Å²) in [6, 6.07) is 0.562. The van der Waals surface area contributed by atoms with Crippen molar-refractivity contribution in [2.45, 2.75) is 65.5 Å². The summed E-state index contributed by atoms with van der Waals surface area (Å²) < 4.78 is 5.91.